The maximum absolute atomic E-state index is 13.4. The number of nitrogen functional groups attached to an aromatic ring is 1. The summed E-state index contributed by atoms with van der Waals surface area (Å²) in [7, 11) is -8.08. The first-order chi connectivity index (χ1) is 57.3. The number of hydrogen-bond acceptors (Lipinski definition) is 20. The molecule has 120 heavy (non-hydrogen) atoms. The second-order valence-electron chi connectivity index (χ2n) is 29.1. The molecule has 0 spiro atoms. The first-order valence-corrected chi connectivity index (χ1v) is 46.2. The molecule has 0 heterocycles. The van der Waals surface area contributed by atoms with E-state index >= 15 is 0 Å². The summed E-state index contributed by atoms with van der Waals surface area (Å²) in [6, 6.07) is 47.4. The molecule has 656 valence electrons. The van der Waals surface area contributed by atoms with Gasteiger partial charge in [0.1, 0.15) is 32.8 Å². The number of benzene rings is 8. The fourth-order valence-corrected chi connectivity index (χ4v) is 14.8. The number of nitrogens with two attached hydrogens (primary N) is 2. The molecule has 8 rings (SSSR count). The second-order valence-corrected chi connectivity index (χ2v) is 34.1. The van der Waals surface area contributed by atoms with E-state index in [-0.39, 0.29) is 61.5 Å². The molecule has 10 N–H and O–H groups in total. The van der Waals surface area contributed by atoms with Crippen LogP contribution in [0.1, 0.15) is 206 Å². The Morgan fingerprint density at radius 1 is 0.358 bits per heavy atom. The summed E-state index contributed by atoms with van der Waals surface area (Å²) < 4.78 is 105. The summed E-state index contributed by atoms with van der Waals surface area (Å²) in [5.74, 6) is -1.33. The van der Waals surface area contributed by atoms with Crippen LogP contribution in [-0.2, 0) is 30.1 Å². The predicted octanol–water partition coefficient (Wildman–Crippen LogP) is 19.2. The molecule has 0 aliphatic heterocycles. The molecule has 0 bridgehead atoms. The quantitative estimate of drug-likeness (QED) is 0.0130. The maximum atomic E-state index is 13.4. The van der Waals surface area contributed by atoms with Crippen LogP contribution < -0.4 is 58.9 Å². The van der Waals surface area contributed by atoms with Crippen molar-refractivity contribution < 1.29 is 83.8 Å². The standard InChI is InChI=1S/C26H39N3O5S.C22H29NO5S.C21H29N3O5S.C21H28N2O3/c1-5-7-17-29(18-8-6-2)23-19-21(26(30)31)20-24(25(23)34-22-13-10-9-11-14-22)35(32,33)27-15-12-16-28(3)4;1-4-6-13-23(14-7-5-2)19-15-17(22(24)25)16-20(29(3,26)27)21(19)28-18-11-9-8-10-12-18;1-3-5-12-24(13-6-4-2)19-15-16(21(25)26)14-18(23-30(22,27)28)20(19)29-17-10-8-7-9-11-17;1-3-5-12-23(13-6-4-2)19-15-16(21(24)25)14-18(22)20(19)26-17-10-8-7-9-11-17/h9-11,13-14,19-20,27H,5-8,12,15-18H2,1-4H3,(H,30,31);8-12,15-16H,4-7,13-14H2,1-3H3,(H,24,25);7-11,14-15,23H,3-6,12-13H2,1-2H3,(H,25,26)(H2,22,27,28);7-11,14-15H,3-6,12-13,22H2,1-2H3,(H,24,25). The van der Waals surface area contributed by atoms with E-state index in [0.29, 0.717) is 97.2 Å². The van der Waals surface area contributed by atoms with Gasteiger partial charge in [0.25, 0.3) is 10.2 Å². The van der Waals surface area contributed by atoms with Gasteiger partial charge in [0, 0.05) is 65.2 Å². The Hall–Kier alpha value is -10.6. The van der Waals surface area contributed by atoms with E-state index in [9.17, 15) is 64.9 Å². The molecule has 0 radical (unpaired) electrons. The summed E-state index contributed by atoms with van der Waals surface area (Å²) in [6.45, 7) is 23.4. The highest BCUT2D eigenvalue weighted by Crippen LogP contribution is 2.45. The first-order valence-electron chi connectivity index (χ1n) is 41.2. The lowest BCUT2D eigenvalue weighted by Crippen LogP contribution is -2.30. The highest BCUT2D eigenvalue weighted by Gasteiger charge is 2.31. The van der Waals surface area contributed by atoms with Crippen molar-refractivity contribution in [3.05, 3.63) is 192 Å². The van der Waals surface area contributed by atoms with Gasteiger partial charge in [-0.2, -0.15) is 8.42 Å². The van der Waals surface area contributed by atoms with E-state index in [1.165, 1.54) is 42.5 Å². The molecule has 0 saturated carbocycles. The Labute approximate surface area is 710 Å². The number of para-hydroxylation sites is 4. The predicted molar refractivity (Wildman–Crippen MR) is 480 cm³/mol. The van der Waals surface area contributed by atoms with E-state index in [4.69, 9.17) is 29.8 Å². The summed E-state index contributed by atoms with van der Waals surface area (Å²) in [5.41, 5.74) is 8.68. The van der Waals surface area contributed by atoms with Crippen molar-refractivity contribution in [1.82, 2.24) is 9.62 Å². The zero-order valence-corrected chi connectivity index (χ0v) is 73.8. The third-order valence-electron chi connectivity index (χ3n) is 18.7. The minimum Gasteiger partial charge on any atom is -0.478 e. The van der Waals surface area contributed by atoms with Gasteiger partial charge >= 0.3 is 23.9 Å². The number of aromatic carboxylic acids is 4. The minimum atomic E-state index is -4.15. The summed E-state index contributed by atoms with van der Waals surface area (Å²) in [6.07, 6.45) is 17.0. The Bertz CT molecular complexity index is 4810. The van der Waals surface area contributed by atoms with Gasteiger partial charge in [0.2, 0.25) is 10.0 Å². The molecule has 30 heteroatoms. The molecule has 0 aliphatic rings. The van der Waals surface area contributed by atoms with E-state index < -0.39 is 53.9 Å². The van der Waals surface area contributed by atoms with Crippen molar-refractivity contribution in [2.75, 3.05) is 116 Å². The summed E-state index contributed by atoms with van der Waals surface area (Å²) in [4.78, 5) is 56.9. The largest absolute Gasteiger partial charge is 0.478 e. The third-order valence-corrected chi connectivity index (χ3v) is 21.8. The van der Waals surface area contributed by atoms with E-state index in [1.54, 1.807) is 78.9 Å². The second kappa shape index (κ2) is 51.8. The van der Waals surface area contributed by atoms with Crippen molar-refractivity contribution >= 4 is 88.1 Å². The van der Waals surface area contributed by atoms with E-state index in [2.05, 4.69) is 69.7 Å². The van der Waals surface area contributed by atoms with Gasteiger partial charge in [0.05, 0.1) is 56.4 Å². The van der Waals surface area contributed by atoms with Gasteiger partial charge in [-0.05, 0) is 175 Å². The maximum Gasteiger partial charge on any atom is 0.335 e. The SMILES string of the molecule is CCCCN(CCCC)c1cc(C(=O)O)cc(N)c1Oc1ccccc1.CCCCN(CCCC)c1cc(C(=O)O)cc(NS(N)(=O)=O)c1Oc1ccccc1.CCCCN(CCCC)c1cc(C(=O)O)cc(S(=O)(=O)NCCCN(C)C)c1Oc1ccccc1.CCCCN(CCCC)c1cc(C(=O)O)cc(S(C)(=O)=O)c1Oc1ccccc1. The molecule has 8 aromatic carbocycles. The van der Waals surface area contributed by atoms with Crippen molar-refractivity contribution in [2.45, 2.75) is 174 Å². The van der Waals surface area contributed by atoms with E-state index in [0.717, 1.165) is 134 Å². The van der Waals surface area contributed by atoms with Crippen LogP contribution in [0, 0.1) is 0 Å². The average Bonchev–Trinajstić information content (AvgIpc) is 0.779. The fraction of sp³-hybridized carbons (Fsp3) is 0.422. The molecule has 27 nitrogen and oxygen atoms in total. The van der Waals surface area contributed by atoms with Gasteiger partial charge in [-0.1, -0.05) is 180 Å². The van der Waals surface area contributed by atoms with E-state index in [1.807, 2.05) is 82.2 Å². The van der Waals surface area contributed by atoms with Crippen molar-refractivity contribution in [3.63, 3.8) is 0 Å². The number of anilines is 6. The molecule has 0 saturated heterocycles. The summed E-state index contributed by atoms with van der Waals surface area (Å²) in [5, 5.41) is 43.6. The molecular formula is C90H125N9O18S3. The molecule has 0 aliphatic carbocycles. The zero-order chi connectivity index (χ0) is 88.4. The first kappa shape index (κ1) is 99.9. The number of nitrogens with one attached hydrogen (secondary N) is 2. The van der Waals surface area contributed by atoms with Crippen LogP contribution in [-0.4, -0.2) is 160 Å². The van der Waals surface area contributed by atoms with Crippen LogP contribution in [0.25, 0.3) is 0 Å². The normalized spacial score (nSPS) is 11.2. The zero-order valence-electron chi connectivity index (χ0n) is 71.4. The lowest BCUT2D eigenvalue weighted by Gasteiger charge is -2.28. The van der Waals surface area contributed by atoms with Gasteiger partial charge in [-0.3, -0.25) is 4.72 Å². The Morgan fingerprint density at radius 3 is 0.917 bits per heavy atom. The fourth-order valence-electron chi connectivity index (χ4n) is 12.3. The highest BCUT2D eigenvalue weighted by atomic mass is 32.2. The molecule has 0 fully saturated rings. The number of nitrogens with zero attached hydrogens (tertiary/aromatic N) is 5. The van der Waals surface area contributed by atoms with Crippen LogP contribution in [0.4, 0.5) is 34.1 Å². The molecular weight excluding hydrogens is 1590 g/mol. The number of ether oxygens (including phenoxy) is 4. The number of carboxylic acid groups (broad SMARTS) is 4. The van der Waals surface area contributed by atoms with Crippen LogP contribution in [0.2, 0.25) is 0 Å². The Morgan fingerprint density at radius 2 is 0.625 bits per heavy atom. The lowest BCUT2D eigenvalue weighted by atomic mass is 10.1. The molecule has 8 aromatic rings. The number of sulfone groups is 1. The van der Waals surface area contributed by atoms with Gasteiger partial charge in [-0.25, -0.2) is 45.9 Å². The van der Waals surface area contributed by atoms with Gasteiger partial charge < -0.3 is 69.6 Å². The monoisotopic (exact) mass is 1720 g/mol. The highest BCUT2D eigenvalue weighted by molar-refractivity contribution is 7.91. The molecule has 0 aromatic heterocycles. The molecule has 0 atom stereocenters. The lowest BCUT2D eigenvalue weighted by molar-refractivity contribution is 0.0685. The van der Waals surface area contributed by atoms with Crippen LogP contribution >= 0.6 is 0 Å². The average molecular weight is 1720 g/mol. The van der Waals surface area contributed by atoms with Crippen molar-refractivity contribution in [1.29, 1.82) is 0 Å². The molecule has 0 amide bonds. The van der Waals surface area contributed by atoms with Crippen LogP contribution in [0.3, 0.4) is 0 Å². The number of hydrogen-bond donors (Lipinski definition) is 8. The minimum absolute atomic E-state index is 0.0192. The van der Waals surface area contributed by atoms with Crippen molar-refractivity contribution in [2.24, 2.45) is 5.14 Å². The number of sulfonamides is 1. The number of rotatable bonds is 49. The number of carbonyl (C=O) groups is 4. The van der Waals surface area contributed by atoms with Gasteiger partial charge in [0.15, 0.2) is 32.8 Å². The number of carboxylic acids is 4. The topological polar surface area (TPSA) is 381 Å². The van der Waals surface area contributed by atoms with Crippen molar-refractivity contribution in [3.8, 4) is 46.0 Å². The number of unbranched alkanes of at least 4 members (excludes halogenated alkanes) is 8. The Kier molecular flexibility index (Phi) is 43.1. The van der Waals surface area contributed by atoms with Gasteiger partial charge in [-0.15, -0.1) is 0 Å². The summed E-state index contributed by atoms with van der Waals surface area (Å²) >= 11 is 0. The molecule has 0 unspecified atom stereocenters. The van der Waals surface area contributed by atoms with Crippen LogP contribution in [0.15, 0.2) is 180 Å². The Balaban J connectivity index is 0.000000286. The van der Waals surface area contributed by atoms with Crippen LogP contribution in [0.5, 0.6) is 46.0 Å². The smallest absolute Gasteiger partial charge is 0.335 e. The third kappa shape index (κ3) is 33.5.